The van der Waals surface area contributed by atoms with Gasteiger partial charge in [-0.2, -0.15) is 0 Å². The number of nitrogens with zero attached hydrogens (tertiary/aromatic N) is 1. The number of carbonyl (C=O) groups is 1. The second-order valence-corrected chi connectivity index (χ2v) is 6.31. The molecule has 0 aliphatic carbocycles. The van der Waals surface area contributed by atoms with Crippen LogP contribution < -0.4 is 0 Å². The van der Waals surface area contributed by atoms with Gasteiger partial charge in [0.15, 0.2) is 0 Å². The van der Waals surface area contributed by atoms with Crippen molar-refractivity contribution in [2.24, 2.45) is 0 Å². The van der Waals surface area contributed by atoms with E-state index >= 15 is 0 Å². The minimum absolute atomic E-state index is 0.173. The van der Waals surface area contributed by atoms with Crippen molar-refractivity contribution in [2.75, 3.05) is 19.7 Å². The molecule has 0 atom stereocenters. The number of carbonyl (C=O) groups excluding carboxylic acids is 1. The Kier molecular flexibility index (Phi) is 6.03. The largest absolute Gasteiger partial charge is 0.449 e. The number of piperidine rings is 1. The first-order valence-corrected chi connectivity index (χ1v) is 8.27. The van der Waals surface area contributed by atoms with Crippen molar-refractivity contribution in [3.05, 3.63) is 34.1 Å². The first-order chi connectivity index (χ1) is 10.1. The summed E-state index contributed by atoms with van der Waals surface area (Å²) < 4.78 is 19.9. The van der Waals surface area contributed by atoms with Gasteiger partial charge in [-0.15, -0.1) is 0 Å². The quantitative estimate of drug-likeness (QED) is 0.730. The van der Waals surface area contributed by atoms with Crippen LogP contribution in [0.4, 0.5) is 9.18 Å². The van der Waals surface area contributed by atoms with E-state index in [9.17, 15) is 9.18 Å². The Morgan fingerprint density at radius 2 is 2.14 bits per heavy atom. The van der Waals surface area contributed by atoms with Gasteiger partial charge in [0.2, 0.25) is 0 Å². The molecule has 1 aliphatic heterocycles. The van der Waals surface area contributed by atoms with Crippen molar-refractivity contribution < 1.29 is 13.9 Å². The van der Waals surface area contributed by atoms with Crippen LogP contribution in [0.15, 0.2) is 22.7 Å². The molecule has 1 amide bonds. The first kappa shape index (κ1) is 16.3. The number of hydrogen-bond donors (Lipinski definition) is 0. The van der Waals surface area contributed by atoms with E-state index < -0.39 is 0 Å². The normalized spacial score (nSPS) is 16.0. The summed E-state index contributed by atoms with van der Waals surface area (Å²) in [4.78, 5) is 13.6. The van der Waals surface area contributed by atoms with Crippen molar-refractivity contribution in [3.63, 3.8) is 0 Å². The van der Waals surface area contributed by atoms with E-state index in [1.165, 1.54) is 6.07 Å². The summed E-state index contributed by atoms with van der Waals surface area (Å²) in [7, 11) is 0. The molecule has 1 fully saturated rings. The van der Waals surface area contributed by atoms with Gasteiger partial charge < -0.3 is 9.64 Å². The Morgan fingerprint density at radius 1 is 1.43 bits per heavy atom. The minimum Gasteiger partial charge on any atom is -0.449 e. The van der Waals surface area contributed by atoms with Crippen molar-refractivity contribution in [2.45, 2.75) is 38.5 Å². The molecule has 116 valence electrons. The summed E-state index contributed by atoms with van der Waals surface area (Å²) in [6, 6.07) is 5.20. The van der Waals surface area contributed by atoms with Crippen LogP contribution in [0.1, 0.15) is 44.1 Å². The number of halogens is 2. The summed E-state index contributed by atoms with van der Waals surface area (Å²) in [5.74, 6) is 0.00568. The van der Waals surface area contributed by atoms with Gasteiger partial charge in [0.25, 0.3) is 0 Å². The lowest BCUT2D eigenvalue weighted by Gasteiger charge is -2.31. The molecule has 1 aromatic carbocycles. The average molecular weight is 358 g/mol. The van der Waals surface area contributed by atoms with Crippen LogP contribution in [0.3, 0.4) is 0 Å². The van der Waals surface area contributed by atoms with Gasteiger partial charge in [0, 0.05) is 17.6 Å². The summed E-state index contributed by atoms with van der Waals surface area (Å²) >= 11 is 3.27. The Labute approximate surface area is 133 Å². The van der Waals surface area contributed by atoms with Crippen LogP contribution in [0, 0.1) is 5.82 Å². The standard InChI is InChI=1S/C16H21BrFNO2/c1-2-3-10-21-16(20)19-8-6-12(7-9-19)14-5-4-13(17)11-15(14)18/h4-5,11-12H,2-3,6-10H2,1H3. The number of likely N-dealkylation sites (tertiary alicyclic amines) is 1. The summed E-state index contributed by atoms with van der Waals surface area (Å²) in [5, 5.41) is 0. The van der Waals surface area contributed by atoms with E-state index in [1.54, 1.807) is 4.90 Å². The van der Waals surface area contributed by atoms with Crippen LogP contribution in [0.25, 0.3) is 0 Å². The van der Waals surface area contributed by atoms with Crippen LogP contribution in [0.2, 0.25) is 0 Å². The molecule has 0 bridgehead atoms. The van der Waals surface area contributed by atoms with Gasteiger partial charge in [-0.05, 0) is 42.9 Å². The highest BCUT2D eigenvalue weighted by Gasteiger charge is 2.26. The predicted octanol–water partition coefficient (Wildman–Crippen LogP) is 4.70. The summed E-state index contributed by atoms with van der Waals surface area (Å²) in [5.41, 5.74) is 0.747. The molecule has 5 heteroatoms. The van der Waals surface area contributed by atoms with E-state index in [2.05, 4.69) is 22.9 Å². The molecule has 21 heavy (non-hydrogen) atoms. The highest BCUT2D eigenvalue weighted by Crippen LogP contribution is 2.31. The Balaban J connectivity index is 1.86. The van der Waals surface area contributed by atoms with Crippen molar-refractivity contribution in [3.8, 4) is 0 Å². The summed E-state index contributed by atoms with van der Waals surface area (Å²) in [6.07, 6.45) is 3.23. The number of benzene rings is 1. The number of amides is 1. The van der Waals surface area contributed by atoms with Crippen LogP contribution >= 0.6 is 15.9 Å². The maximum Gasteiger partial charge on any atom is 0.409 e. The molecule has 0 spiro atoms. The lowest BCUT2D eigenvalue weighted by molar-refractivity contribution is 0.0914. The number of hydrogen-bond acceptors (Lipinski definition) is 2. The van der Waals surface area contributed by atoms with E-state index in [-0.39, 0.29) is 17.8 Å². The maximum atomic E-state index is 14.0. The van der Waals surface area contributed by atoms with Crippen LogP contribution in [-0.4, -0.2) is 30.7 Å². The molecular weight excluding hydrogens is 337 g/mol. The van der Waals surface area contributed by atoms with Crippen molar-refractivity contribution in [1.29, 1.82) is 0 Å². The lowest BCUT2D eigenvalue weighted by Crippen LogP contribution is -2.38. The van der Waals surface area contributed by atoms with E-state index in [4.69, 9.17) is 4.74 Å². The SMILES string of the molecule is CCCCOC(=O)N1CCC(c2ccc(Br)cc2F)CC1. The highest BCUT2D eigenvalue weighted by atomic mass is 79.9. The molecule has 0 saturated carbocycles. The molecule has 1 heterocycles. The zero-order valence-electron chi connectivity index (χ0n) is 12.3. The smallest absolute Gasteiger partial charge is 0.409 e. The predicted molar refractivity (Wildman–Crippen MR) is 83.9 cm³/mol. The molecule has 1 saturated heterocycles. The second kappa shape index (κ2) is 7.78. The van der Waals surface area contributed by atoms with Gasteiger partial charge >= 0.3 is 6.09 Å². The topological polar surface area (TPSA) is 29.5 Å². The maximum absolute atomic E-state index is 14.0. The molecule has 0 N–H and O–H groups in total. The van der Waals surface area contributed by atoms with Gasteiger partial charge in [0.1, 0.15) is 5.82 Å². The Morgan fingerprint density at radius 3 is 2.76 bits per heavy atom. The zero-order valence-corrected chi connectivity index (χ0v) is 13.9. The van der Waals surface area contributed by atoms with E-state index in [1.807, 2.05) is 12.1 Å². The monoisotopic (exact) mass is 357 g/mol. The molecule has 0 aromatic heterocycles. The summed E-state index contributed by atoms with van der Waals surface area (Å²) in [6.45, 7) is 3.80. The first-order valence-electron chi connectivity index (χ1n) is 7.48. The fourth-order valence-electron chi connectivity index (χ4n) is 2.60. The van der Waals surface area contributed by atoms with Crippen molar-refractivity contribution in [1.82, 2.24) is 4.90 Å². The fraction of sp³-hybridized carbons (Fsp3) is 0.562. The Bertz CT molecular complexity index is 487. The van der Waals surface area contributed by atoms with E-state index in [0.717, 1.165) is 35.7 Å². The number of rotatable bonds is 4. The van der Waals surface area contributed by atoms with Crippen LogP contribution in [0.5, 0.6) is 0 Å². The molecule has 1 aromatic rings. The lowest BCUT2D eigenvalue weighted by atomic mass is 9.89. The highest BCUT2D eigenvalue weighted by molar-refractivity contribution is 9.10. The number of ether oxygens (including phenoxy) is 1. The molecule has 2 rings (SSSR count). The van der Waals surface area contributed by atoms with Gasteiger partial charge in [-0.3, -0.25) is 0 Å². The molecular formula is C16H21BrFNO2. The van der Waals surface area contributed by atoms with E-state index in [0.29, 0.717) is 19.7 Å². The van der Waals surface area contributed by atoms with Crippen LogP contribution in [-0.2, 0) is 4.74 Å². The minimum atomic E-state index is -0.238. The molecule has 3 nitrogen and oxygen atoms in total. The van der Waals surface area contributed by atoms with Gasteiger partial charge in [-0.25, -0.2) is 9.18 Å². The third-order valence-corrected chi connectivity index (χ3v) is 4.37. The molecule has 0 unspecified atom stereocenters. The molecule has 1 aliphatic rings. The van der Waals surface area contributed by atoms with Crippen molar-refractivity contribution >= 4 is 22.0 Å². The zero-order chi connectivity index (χ0) is 15.2. The average Bonchev–Trinajstić information content (AvgIpc) is 2.48. The third-order valence-electron chi connectivity index (χ3n) is 3.88. The number of unbranched alkanes of at least 4 members (excludes halogenated alkanes) is 1. The molecule has 0 radical (unpaired) electrons. The second-order valence-electron chi connectivity index (χ2n) is 5.40. The third kappa shape index (κ3) is 4.43. The fourth-order valence-corrected chi connectivity index (χ4v) is 2.93. The van der Waals surface area contributed by atoms with Gasteiger partial charge in [-0.1, -0.05) is 35.3 Å². The van der Waals surface area contributed by atoms with Gasteiger partial charge in [0.05, 0.1) is 6.61 Å². The Hall–Kier alpha value is -1.10.